The Morgan fingerprint density at radius 1 is 1.10 bits per heavy atom. The highest BCUT2D eigenvalue weighted by molar-refractivity contribution is 6.42. The van der Waals surface area contributed by atoms with Crippen LogP contribution in [-0.2, 0) is 6.54 Å². The van der Waals surface area contributed by atoms with Gasteiger partial charge in [0.2, 0.25) is 5.75 Å². The lowest BCUT2D eigenvalue weighted by molar-refractivity contribution is -0.385. The summed E-state index contributed by atoms with van der Waals surface area (Å²) in [4.78, 5) is 10.4. The zero-order valence-corrected chi connectivity index (χ0v) is 12.7. The van der Waals surface area contributed by atoms with Gasteiger partial charge in [0.1, 0.15) is 5.75 Å². The van der Waals surface area contributed by atoms with Crippen LogP contribution in [0.2, 0.25) is 15.1 Å². The summed E-state index contributed by atoms with van der Waals surface area (Å²) < 4.78 is 5.48. The van der Waals surface area contributed by atoms with Crippen molar-refractivity contribution in [2.45, 2.75) is 6.54 Å². The van der Waals surface area contributed by atoms with Crippen LogP contribution in [0.5, 0.6) is 11.5 Å². The molecule has 0 aliphatic rings. The molecule has 0 unspecified atom stereocenters. The lowest BCUT2D eigenvalue weighted by Crippen LogP contribution is -1.98. The molecule has 5 nitrogen and oxygen atoms in total. The van der Waals surface area contributed by atoms with Gasteiger partial charge in [-0.25, -0.2) is 0 Å². The Morgan fingerprint density at radius 2 is 1.76 bits per heavy atom. The van der Waals surface area contributed by atoms with E-state index in [2.05, 4.69) is 0 Å². The number of nitrogens with two attached hydrogens (primary N) is 1. The normalized spacial score (nSPS) is 10.5. The molecular weight excluding hydrogens is 339 g/mol. The molecule has 0 fully saturated rings. The van der Waals surface area contributed by atoms with Crippen LogP contribution in [0, 0.1) is 10.1 Å². The molecule has 0 aromatic heterocycles. The standard InChI is InChI=1S/C13H9Cl3N2O3/c14-9-3-8(2-1-7(9)6-17)21-13-5-11(16)10(15)4-12(13)18(19)20/h1-5H,6,17H2. The second-order valence-corrected chi connectivity index (χ2v) is 5.27. The number of nitro groups is 1. The van der Waals surface area contributed by atoms with E-state index in [1.165, 1.54) is 12.1 Å². The number of hydrogen-bond donors (Lipinski definition) is 1. The van der Waals surface area contributed by atoms with E-state index in [1.54, 1.807) is 12.1 Å². The van der Waals surface area contributed by atoms with Crippen molar-refractivity contribution >= 4 is 40.5 Å². The summed E-state index contributed by atoms with van der Waals surface area (Å²) >= 11 is 17.6. The van der Waals surface area contributed by atoms with Crippen molar-refractivity contribution in [1.29, 1.82) is 0 Å². The smallest absolute Gasteiger partial charge is 0.313 e. The Morgan fingerprint density at radius 3 is 2.33 bits per heavy atom. The van der Waals surface area contributed by atoms with Crippen molar-refractivity contribution in [2.75, 3.05) is 0 Å². The maximum Gasteiger partial charge on any atom is 0.313 e. The average molecular weight is 348 g/mol. The van der Waals surface area contributed by atoms with Crippen molar-refractivity contribution in [3.63, 3.8) is 0 Å². The lowest BCUT2D eigenvalue weighted by atomic mass is 10.2. The fourth-order valence-corrected chi connectivity index (χ4v) is 2.19. The first-order chi connectivity index (χ1) is 9.92. The third-order valence-electron chi connectivity index (χ3n) is 2.67. The quantitative estimate of drug-likeness (QED) is 0.636. The highest BCUT2D eigenvalue weighted by Crippen LogP contribution is 2.38. The SMILES string of the molecule is NCc1ccc(Oc2cc(Cl)c(Cl)cc2[N+](=O)[O-])cc1Cl. The number of benzene rings is 2. The van der Waals surface area contributed by atoms with Crippen molar-refractivity contribution < 1.29 is 9.66 Å². The molecule has 0 radical (unpaired) electrons. The number of nitrogens with zero attached hydrogens (tertiary/aromatic N) is 1. The molecule has 0 bridgehead atoms. The molecule has 0 amide bonds. The summed E-state index contributed by atoms with van der Waals surface area (Å²) in [6.07, 6.45) is 0. The summed E-state index contributed by atoms with van der Waals surface area (Å²) in [5.41, 5.74) is 5.96. The Kier molecular flexibility index (Phi) is 4.90. The Bertz CT molecular complexity index is 707. The van der Waals surface area contributed by atoms with E-state index in [4.69, 9.17) is 45.3 Å². The molecule has 0 spiro atoms. The van der Waals surface area contributed by atoms with E-state index >= 15 is 0 Å². The van der Waals surface area contributed by atoms with Gasteiger partial charge in [0.05, 0.1) is 15.0 Å². The number of nitro benzene ring substituents is 1. The molecule has 110 valence electrons. The van der Waals surface area contributed by atoms with Gasteiger partial charge in [-0.05, 0) is 17.7 Å². The van der Waals surface area contributed by atoms with Crippen molar-refractivity contribution in [2.24, 2.45) is 5.73 Å². The summed E-state index contributed by atoms with van der Waals surface area (Å²) in [6, 6.07) is 7.24. The van der Waals surface area contributed by atoms with Gasteiger partial charge < -0.3 is 10.5 Å². The molecule has 2 rings (SSSR count). The van der Waals surface area contributed by atoms with Gasteiger partial charge in [-0.2, -0.15) is 0 Å². The predicted octanol–water partition coefficient (Wildman–Crippen LogP) is 4.81. The molecular formula is C13H9Cl3N2O3. The van der Waals surface area contributed by atoms with Gasteiger partial charge in [0.25, 0.3) is 0 Å². The third kappa shape index (κ3) is 3.57. The number of hydrogen-bond acceptors (Lipinski definition) is 4. The first-order valence-electron chi connectivity index (χ1n) is 5.72. The summed E-state index contributed by atoms with van der Waals surface area (Å²) in [5.74, 6) is 0.310. The molecule has 0 atom stereocenters. The van der Waals surface area contributed by atoms with Crippen molar-refractivity contribution in [1.82, 2.24) is 0 Å². The summed E-state index contributed by atoms with van der Waals surface area (Å²) in [5, 5.41) is 11.7. The van der Waals surface area contributed by atoms with Crippen LogP contribution >= 0.6 is 34.8 Å². The molecule has 0 heterocycles. The van der Waals surface area contributed by atoms with E-state index in [-0.39, 0.29) is 28.0 Å². The van der Waals surface area contributed by atoms with E-state index in [0.29, 0.717) is 10.8 Å². The predicted molar refractivity (Wildman–Crippen MR) is 82.5 cm³/mol. The first-order valence-corrected chi connectivity index (χ1v) is 6.85. The van der Waals surface area contributed by atoms with E-state index in [1.807, 2.05) is 0 Å². The van der Waals surface area contributed by atoms with Crippen LogP contribution < -0.4 is 10.5 Å². The molecule has 0 aliphatic heterocycles. The van der Waals surface area contributed by atoms with Crippen LogP contribution in [0.15, 0.2) is 30.3 Å². The molecule has 2 N–H and O–H groups in total. The first kappa shape index (κ1) is 15.9. The van der Waals surface area contributed by atoms with Gasteiger partial charge in [0, 0.05) is 23.7 Å². The highest BCUT2D eigenvalue weighted by atomic mass is 35.5. The second-order valence-electron chi connectivity index (χ2n) is 4.05. The summed E-state index contributed by atoms with van der Waals surface area (Å²) in [7, 11) is 0. The van der Waals surface area contributed by atoms with Crippen LogP contribution in [0.3, 0.4) is 0 Å². The minimum atomic E-state index is -0.604. The zero-order chi connectivity index (χ0) is 15.6. The van der Waals surface area contributed by atoms with E-state index < -0.39 is 4.92 Å². The minimum Gasteiger partial charge on any atom is -0.450 e. The Hall–Kier alpha value is -1.53. The van der Waals surface area contributed by atoms with Crippen molar-refractivity contribution in [3.8, 4) is 11.5 Å². The van der Waals surface area contributed by atoms with E-state index in [0.717, 1.165) is 11.6 Å². The van der Waals surface area contributed by atoms with Gasteiger partial charge in [-0.3, -0.25) is 10.1 Å². The van der Waals surface area contributed by atoms with Gasteiger partial charge in [-0.15, -0.1) is 0 Å². The molecule has 0 saturated heterocycles. The molecule has 2 aromatic rings. The average Bonchev–Trinajstić information content (AvgIpc) is 2.42. The number of ether oxygens (including phenoxy) is 1. The molecule has 0 saturated carbocycles. The number of rotatable bonds is 4. The zero-order valence-electron chi connectivity index (χ0n) is 10.5. The van der Waals surface area contributed by atoms with Crippen molar-refractivity contribution in [3.05, 3.63) is 61.1 Å². The largest absolute Gasteiger partial charge is 0.450 e. The fourth-order valence-electron chi connectivity index (χ4n) is 1.63. The van der Waals surface area contributed by atoms with Crippen LogP contribution in [0.4, 0.5) is 5.69 Å². The molecule has 0 aliphatic carbocycles. The topological polar surface area (TPSA) is 78.4 Å². The number of halogens is 3. The maximum atomic E-state index is 11.0. The molecule has 2 aromatic carbocycles. The monoisotopic (exact) mass is 346 g/mol. The lowest BCUT2D eigenvalue weighted by Gasteiger charge is -2.09. The highest BCUT2D eigenvalue weighted by Gasteiger charge is 2.19. The van der Waals surface area contributed by atoms with Gasteiger partial charge >= 0.3 is 5.69 Å². The van der Waals surface area contributed by atoms with Gasteiger partial charge in [0.15, 0.2) is 0 Å². The molecule has 21 heavy (non-hydrogen) atoms. The van der Waals surface area contributed by atoms with Crippen LogP contribution in [-0.4, -0.2) is 4.92 Å². The third-order valence-corrected chi connectivity index (χ3v) is 3.74. The molecule has 8 heteroatoms. The summed E-state index contributed by atoms with van der Waals surface area (Å²) in [6.45, 7) is 0.284. The minimum absolute atomic E-state index is 0.0223. The van der Waals surface area contributed by atoms with E-state index in [9.17, 15) is 10.1 Å². The van der Waals surface area contributed by atoms with Crippen LogP contribution in [0.25, 0.3) is 0 Å². The van der Waals surface area contributed by atoms with Crippen LogP contribution in [0.1, 0.15) is 5.56 Å². The Labute approximate surface area is 135 Å². The fraction of sp³-hybridized carbons (Fsp3) is 0.0769. The second kappa shape index (κ2) is 6.49. The Balaban J connectivity index is 2.41. The maximum absolute atomic E-state index is 11.0. The van der Waals surface area contributed by atoms with Gasteiger partial charge in [-0.1, -0.05) is 40.9 Å².